The van der Waals surface area contributed by atoms with Crippen LogP contribution in [0.1, 0.15) is 113 Å². The van der Waals surface area contributed by atoms with Gasteiger partial charge < -0.3 is 10.2 Å². The van der Waals surface area contributed by atoms with Gasteiger partial charge in [0.05, 0.1) is 17.6 Å². The lowest BCUT2D eigenvalue weighted by atomic mass is 9.46. The van der Waals surface area contributed by atoms with Crippen molar-refractivity contribution in [3.63, 3.8) is 0 Å². The van der Waals surface area contributed by atoms with E-state index < -0.39 is 23.8 Å². The quantitative estimate of drug-likeness (QED) is 0.373. The molecule has 204 valence electrons. The summed E-state index contributed by atoms with van der Waals surface area (Å²) in [7, 11) is 0. The van der Waals surface area contributed by atoms with Gasteiger partial charge in [0.1, 0.15) is 0 Å². The van der Waals surface area contributed by atoms with Crippen molar-refractivity contribution in [1.82, 2.24) is 0 Å². The number of aliphatic hydroxyl groups is 2. The number of rotatable bonds is 5. The second kappa shape index (κ2) is 10.3. The van der Waals surface area contributed by atoms with Crippen LogP contribution in [0.5, 0.6) is 0 Å². The van der Waals surface area contributed by atoms with Crippen LogP contribution in [-0.4, -0.2) is 28.1 Å². The predicted molar refractivity (Wildman–Crippen MR) is 137 cm³/mol. The van der Waals surface area contributed by atoms with Crippen LogP contribution in [0.25, 0.3) is 0 Å². The Morgan fingerprint density at radius 1 is 0.971 bits per heavy atom. The monoisotopic (exact) mass is 500 g/mol. The third kappa shape index (κ3) is 5.38. The fraction of sp³-hybridized carbons (Fsp3) is 0.933. The third-order valence-electron chi connectivity index (χ3n) is 11.2. The van der Waals surface area contributed by atoms with Gasteiger partial charge in [-0.25, -0.2) is 0 Å². The molecule has 0 aromatic carbocycles. The first-order valence-electron chi connectivity index (χ1n) is 14.4. The zero-order valence-electron chi connectivity index (χ0n) is 23.2. The van der Waals surface area contributed by atoms with E-state index in [1.165, 1.54) is 31.3 Å². The summed E-state index contributed by atoms with van der Waals surface area (Å²) in [5.74, 6) is 1.26. The lowest BCUT2D eigenvalue weighted by molar-refractivity contribution is -0.195. The molecule has 2 N–H and O–H groups in total. The number of alkyl halides is 3. The first-order valence-corrected chi connectivity index (χ1v) is 14.4. The minimum absolute atomic E-state index is 0.216. The molecule has 0 radical (unpaired) electrons. The molecule has 3 fully saturated rings. The maximum Gasteiger partial charge on any atom is 0.394 e. The van der Waals surface area contributed by atoms with Crippen LogP contribution >= 0.6 is 0 Å². The van der Waals surface area contributed by atoms with Gasteiger partial charge in [0.2, 0.25) is 0 Å². The molecule has 0 bridgehead atoms. The second-order valence-electron chi connectivity index (χ2n) is 13.1. The zero-order valence-corrected chi connectivity index (χ0v) is 23.2. The molecule has 0 aromatic rings. The molecule has 0 saturated heterocycles. The molecule has 35 heavy (non-hydrogen) atoms. The summed E-state index contributed by atoms with van der Waals surface area (Å²) in [6.45, 7) is 14.2. The lowest BCUT2D eigenvalue weighted by Crippen LogP contribution is -2.52. The Hall–Kier alpha value is -0.550. The number of allylic oxidation sites excluding steroid dienone is 1. The lowest BCUT2D eigenvalue weighted by Gasteiger charge is -2.59. The van der Waals surface area contributed by atoms with Gasteiger partial charge in [-0.3, -0.25) is 0 Å². The molecule has 5 heteroatoms. The molecule has 6 unspecified atom stereocenters. The van der Waals surface area contributed by atoms with Crippen molar-refractivity contribution in [3.8, 4) is 0 Å². The Kier molecular flexibility index (Phi) is 8.55. The highest BCUT2D eigenvalue weighted by Gasteiger charge is 2.59. The first-order chi connectivity index (χ1) is 16.2. The Labute approximate surface area is 212 Å². The molecule has 3 saturated carbocycles. The van der Waals surface area contributed by atoms with Gasteiger partial charge in [0.25, 0.3) is 0 Å². The van der Waals surface area contributed by atoms with E-state index in [0.29, 0.717) is 36.0 Å². The van der Waals surface area contributed by atoms with E-state index in [9.17, 15) is 23.4 Å². The van der Waals surface area contributed by atoms with E-state index in [1.807, 2.05) is 20.8 Å². The van der Waals surface area contributed by atoms with Crippen molar-refractivity contribution >= 4 is 0 Å². The van der Waals surface area contributed by atoms with Crippen LogP contribution in [0.15, 0.2) is 11.6 Å². The van der Waals surface area contributed by atoms with Gasteiger partial charge in [-0.05, 0) is 112 Å². The molecule has 4 aliphatic carbocycles. The molecular weight excluding hydrogens is 449 g/mol. The largest absolute Gasteiger partial charge is 0.394 e. The summed E-state index contributed by atoms with van der Waals surface area (Å²) in [6.07, 6.45) is 6.43. The molecule has 10 atom stereocenters. The van der Waals surface area contributed by atoms with Crippen molar-refractivity contribution in [2.24, 2.45) is 46.3 Å². The SMILES string of the molecule is CC.C[C@H](CC[C@@H](O)[C@@H](C)C(F)(F)F)C1CCC2C3CC=C4C[C@@](C)(O)CCC4(C)C3CCC21C. The van der Waals surface area contributed by atoms with Gasteiger partial charge in [-0.15, -0.1) is 0 Å². The molecule has 2 nitrogen and oxygen atoms in total. The van der Waals surface area contributed by atoms with Gasteiger partial charge in [0, 0.05) is 0 Å². The molecule has 0 spiro atoms. The Bertz CT molecular complexity index is 759. The van der Waals surface area contributed by atoms with Crippen LogP contribution in [0.3, 0.4) is 0 Å². The molecule has 0 amide bonds. The van der Waals surface area contributed by atoms with Gasteiger partial charge in [0.15, 0.2) is 0 Å². The summed E-state index contributed by atoms with van der Waals surface area (Å²) in [5, 5.41) is 20.8. The Morgan fingerprint density at radius 3 is 2.26 bits per heavy atom. The summed E-state index contributed by atoms with van der Waals surface area (Å²) >= 11 is 0. The van der Waals surface area contributed by atoms with Crippen molar-refractivity contribution in [1.29, 1.82) is 0 Å². The maximum atomic E-state index is 13.0. The normalized spacial score (nSPS) is 43.5. The highest BCUT2D eigenvalue weighted by molar-refractivity contribution is 5.26. The van der Waals surface area contributed by atoms with E-state index in [-0.39, 0.29) is 17.3 Å². The minimum atomic E-state index is -4.33. The zero-order chi connectivity index (χ0) is 26.4. The van der Waals surface area contributed by atoms with E-state index in [0.717, 1.165) is 32.6 Å². The van der Waals surface area contributed by atoms with Crippen LogP contribution in [0.2, 0.25) is 0 Å². The molecular formula is C30H51F3O2. The van der Waals surface area contributed by atoms with E-state index >= 15 is 0 Å². The Morgan fingerprint density at radius 2 is 1.63 bits per heavy atom. The topological polar surface area (TPSA) is 40.5 Å². The number of hydrogen-bond acceptors (Lipinski definition) is 2. The average molecular weight is 501 g/mol. The van der Waals surface area contributed by atoms with Crippen molar-refractivity contribution < 1.29 is 23.4 Å². The first kappa shape index (κ1) is 29.0. The highest BCUT2D eigenvalue weighted by atomic mass is 19.4. The van der Waals surface area contributed by atoms with E-state index in [2.05, 4.69) is 26.8 Å². The van der Waals surface area contributed by atoms with E-state index in [4.69, 9.17) is 0 Å². The smallest absolute Gasteiger partial charge is 0.393 e. The summed E-state index contributed by atoms with van der Waals surface area (Å²) in [5.41, 5.74) is 1.39. The van der Waals surface area contributed by atoms with Gasteiger partial charge in [-0.2, -0.15) is 13.2 Å². The Balaban J connectivity index is 0.00000167. The highest BCUT2D eigenvalue weighted by Crippen LogP contribution is 2.67. The summed E-state index contributed by atoms with van der Waals surface area (Å²) in [6, 6.07) is 0. The maximum absolute atomic E-state index is 13.0. The van der Waals surface area contributed by atoms with Crippen molar-refractivity contribution in [2.75, 3.05) is 0 Å². The number of hydrogen-bond donors (Lipinski definition) is 2. The molecule has 4 rings (SSSR count). The van der Waals surface area contributed by atoms with Crippen LogP contribution in [-0.2, 0) is 0 Å². The molecule has 0 aliphatic heterocycles. The minimum Gasteiger partial charge on any atom is -0.393 e. The standard InChI is InChI=1S/C28H45F3O2.C2H6/c1-17(6-11-24(32)18(2)28(29,30)31)21-9-10-22-20-8-7-19-16-25(3,33)14-15-26(19,4)23(20)12-13-27(21,22)5;1-2/h7,17-18,20-24,32-33H,6,8-16H2,1-5H3;1-2H3/t17-,18-,20?,21?,22?,23?,24-,25+,26?,27?;/m1./s1. The summed E-state index contributed by atoms with van der Waals surface area (Å²) in [4.78, 5) is 0. The number of aliphatic hydroxyl groups excluding tert-OH is 1. The fourth-order valence-electron chi connectivity index (χ4n) is 8.88. The average Bonchev–Trinajstić information content (AvgIpc) is 3.15. The third-order valence-corrected chi connectivity index (χ3v) is 11.2. The fourth-order valence-corrected chi connectivity index (χ4v) is 8.88. The van der Waals surface area contributed by atoms with Crippen LogP contribution in [0.4, 0.5) is 13.2 Å². The molecule has 0 heterocycles. The van der Waals surface area contributed by atoms with Crippen LogP contribution in [0, 0.1) is 46.3 Å². The molecule has 4 aliphatic rings. The van der Waals surface area contributed by atoms with Gasteiger partial charge >= 0.3 is 6.18 Å². The summed E-state index contributed by atoms with van der Waals surface area (Å²) < 4.78 is 38.9. The van der Waals surface area contributed by atoms with Crippen molar-refractivity contribution in [3.05, 3.63) is 11.6 Å². The van der Waals surface area contributed by atoms with Gasteiger partial charge in [-0.1, -0.05) is 53.2 Å². The van der Waals surface area contributed by atoms with Crippen LogP contribution < -0.4 is 0 Å². The van der Waals surface area contributed by atoms with E-state index in [1.54, 1.807) is 0 Å². The molecule has 0 aromatic heterocycles. The number of halogens is 3. The van der Waals surface area contributed by atoms with Crippen molar-refractivity contribution in [2.45, 2.75) is 131 Å². The second-order valence-corrected chi connectivity index (χ2v) is 13.1. The number of fused-ring (bicyclic) bond motifs is 5. The predicted octanol–water partition coefficient (Wildman–Crippen LogP) is 8.32.